The molecule has 0 heterocycles. The predicted octanol–water partition coefficient (Wildman–Crippen LogP) is 2.85. The summed E-state index contributed by atoms with van der Waals surface area (Å²) in [6.07, 6.45) is 6.75. The molecule has 0 radical (unpaired) electrons. The Morgan fingerprint density at radius 1 is 1.05 bits per heavy atom. The number of sulfonamides is 1. The summed E-state index contributed by atoms with van der Waals surface area (Å²) in [7, 11) is -3.73. The van der Waals surface area contributed by atoms with Gasteiger partial charge in [0.25, 0.3) is 0 Å². The normalized spacial score (nSPS) is 11.3. The van der Waals surface area contributed by atoms with Gasteiger partial charge in [-0.2, -0.15) is 0 Å². The Hall–Kier alpha value is -1.40. The van der Waals surface area contributed by atoms with Crippen molar-refractivity contribution < 1.29 is 17.9 Å². The van der Waals surface area contributed by atoms with E-state index in [9.17, 15) is 13.2 Å². The third-order valence-electron chi connectivity index (χ3n) is 3.15. The molecule has 0 saturated heterocycles. The van der Waals surface area contributed by atoms with Crippen molar-refractivity contribution in [3.63, 3.8) is 0 Å². The van der Waals surface area contributed by atoms with Crippen molar-refractivity contribution in [1.82, 2.24) is 0 Å². The Bertz CT molecular complexity index is 537. The van der Waals surface area contributed by atoms with Gasteiger partial charge in [0, 0.05) is 0 Å². The lowest BCUT2D eigenvalue weighted by molar-refractivity contribution is 0.0497. The van der Waals surface area contributed by atoms with Crippen molar-refractivity contribution in [2.75, 3.05) is 6.61 Å². The molecule has 1 aromatic rings. The number of hydrogen-bond acceptors (Lipinski definition) is 4. The standard InChI is InChI=1S/C15H23NO4S/c1-2-3-4-5-6-7-12-20-15(17)13-8-10-14(11-9-13)21(16,18)19/h8-11H,2-7,12H2,1H3,(H2,16,18,19). The number of carbonyl (C=O) groups excluding carboxylic acids is 1. The van der Waals surface area contributed by atoms with Crippen LogP contribution in [0.1, 0.15) is 55.8 Å². The summed E-state index contributed by atoms with van der Waals surface area (Å²) >= 11 is 0. The third-order valence-corrected chi connectivity index (χ3v) is 4.08. The molecule has 118 valence electrons. The molecular weight excluding hydrogens is 290 g/mol. The summed E-state index contributed by atoms with van der Waals surface area (Å²) in [4.78, 5) is 11.7. The minimum absolute atomic E-state index is 0.0185. The molecule has 0 fully saturated rings. The number of esters is 1. The van der Waals surface area contributed by atoms with Gasteiger partial charge in [0.05, 0.1) is 17.1 Å². The Morgan fingerprint density at radius 3 is 2.19 bits per heavy atom. The van der Waals surface area contributed by atoms with Crippen LogP contribution in [-0.2, 0) is 14.8 Å². The van der Waals surface area contributed by atoms with Crippen LogP contribution < -0.4 is 5.14 Å². The number of primary sulfonamides is 1. The van der Waals surface area contributed by atoms with Crippen molar-refractivity contribution in [3.05, 3.63) is 29.8 Å². The molecule has 6 heteroatoms. The van der Waals surface area contributed by atoms with E-state index < -0.39 is 16.0 Å². The van der Waals surface area contributed by atoms with Gasteiger partial charge in [-0.05, 0) is 30.7 Å². The number of unbranched alkanes of at least 4 members (excludes halogenated alkanes) is 5. The fraction of sp³-hybridized carbons (Fsp3) is 0.533. The van der Waals surface area contributed by atoms with E-state index in [1.54, 1.807) is 0 Å². The van der Waals surface area contributed by atoms with Crippen molar-refractivity contribution in [3.8, 4) is 0 Å². The fourth-order valence-electron chi connectivity index (χ4n) is 1.91. The highest BCUT2D eigenvalue weighted by Gasteiger charge is 2.10. The molecule has 0 aliphatic carbocycles. The molecular formula is C15H23NO4S. The van der Waals surface area contributed by atoms with Gasteiger partial charge in [-0.3, -0.25) is 0 Å². The molecule has 1 rings (SSSR count). The van der Waals surface area contributed by atoms with Gasteiger partial charge in [0.15, 0.2) is 0 Å². The highest BCUT2D eigenvalue weighted by Crippen LogP contribution is 2.10. The minimum atomic E-state index is -3.73. The van der Waals surface area contributed by atoms with Crippen molar-refractivity contribution >= 4 is 16.0 Å². The van der Waals surface area contributed by atoms with Gasteiger partial charge in [-0.15, -0.1) is 0 Å². The van der Waals surface area contributed by atoms with E-state index in [0.29, 0.717) is 12.2 Å². The zero-order valence-corrected chi connectivity index (χ0v) is 13.2. The summed E-state index contributed by atoms with van der Waals surface area (Å²) in [5.41, 5.74) is 0.327. The minimum Gasteiger partial charge on any atom is -0.462 e. The van der Waals surface area contributed by atoms with E-state index in [2.05, 4.69) is 6.92 Å². The number of rotatable bonds is 9. The maximum Gasteiger partial charge on any atom is 0.338 e. The summed E-state index contributed by atoms with van der Waals surface area (Å²) in [5.74, 6) is -0.440. The average molecular weight is 313 g/mol. The number of benzene rings is 1. The second-order valence-corrected chi connectivity index (χ2v) is 6.53. The molecule has 0 spiro atoms. The first-order chi connectivity index (χ1) is 9.95. The van der Waals surface area contributed by atoms with Crippen LogP contribution >= 0.6 is 0 Å². The fourth-order valence-corrected chi connectivity index (χ4v) is 2.43. The van der Waals surface area contributed by atoms with E-state index in [1.807, 2.05) is 0 Å². The summed E-state index contributed by atoms with van der Waals surface area (Å²) in [6, 6.07) is 5.42. The van der Waals surface area contributed by atoms with E-state index in [1.165, 1.54) is 43.5 Å². The lowest BCUT2D eigenvalue weighted by Gasteiger charge is -2.05. The highest BCUT2D eigenvalue weighted by atomic mass is 32.2. The van der Waals surface area contributed by atoms with Gasteiger partial charge in [0.1, 0.15) is 0 Å². The topological polar surface area (TPSA) is 86.5 Å². The third kappa shape index (κ3) is 6.73. The molecule has 1 aromatic carbocycles. The van der Waals surface area contributed by atoms with Crippen molar-refractivity contribution in [2.45, 2.75) is 50.3 Å². The van der Waals surface area contributed by atoms with E-state index in [0.717, 1.165) is 19.3 Å². The lowest BCUT2D eigenvalue weighted by atomic mass is 10.1. The molecule has 0 bridgehead atoms. The van der Waals surface area contributed by atoms with Crippen LogP contribution in [0.3, 0.4) is 0 Å². The molecule has 0 aliphatic heterocycles. The first-order valence-corrected chi connectivity index (χ1v) is 8.79. The van der Waals surface area contributed by atoms with Crippen LogP contribution in [0, 0.1) is 0 Å². The monoisotopic (exact) mass is 313 g/mol. The molecule has 0 atom stereocenters. The van der Waals surface area contributed by atoms with Crippen LogP contribution in [0.4, 0.5) is 0 Å². The maximum absolute atomic E-state index is 11.7. The zero-order chi connectivity index (χ0) is 15.7. The summed E-state index contributed by atoms with van der Waals surface area (Å²) < 4.78 is 27.3. The highest BCUT2D eigenvalue weighted by molar-refractivity contribution is 7.89. The Kier molecular flexibility index (Phi) is 7.39. The van der Waals surface area contributed by atoms with Gasteiger partial charge in [-0.25, -0.2) is 18.4 Å². The number of ether oxygens (including phenoxy) is 1. The molecule has 0 aromatic heterocycles. The molecule has 2 N–H and O–H groups in total. The number of nitrogens with two attached hydrogens (primary N) is 1. The second kappa shape index (κ2) is 8.79. The quantitative estimate of drug-likeness (QED) is 0.561. The number of carbonyl (C=O) groups is 1. The predicted molar refractivity (Wildman–Crippen MR) is 81.5 cm³/mol. The van der Waals surface area contributed by atoms with Crippen LogP contribution in [0.5, 0.6) is 0 Å². The molecule has 0 aliphatic rings. The maximum atomic E-state index is 11.7. The van der Waals surface area contributed by atoms with Gasteiger partial charge >= 0.3 is 5.97 Å². The van der Waals surface area contributed by atoms with Gasteiger partial charge < -0.3 is 4.74 Å². The van der Waals surface area contributed by atoms with E-state index >= 15 is 0 Å². The van der Waals surface area contributed by atoms with E-state index in [4.69, 9.17) is 9.88 Å². The summed E-state index contributed by atoms with van der Waals surface area (Å²) in [6.45, 7) is 2.56. The smallest absolute Gasteiger partial charge is 0.338 e. The second-order valence-electron chi connectivity index (χ2n) is 4.97. The molecule has 0 saturated carbocycles. The SMILES string of the molecule is CCCCCCCCOC(=O)c1ccc(S(N)(=O)=O)cc1. The number of hydrogen-bond donors (Lipinski definition) is 1. The van der Waals surface area contributed by atoms with Crippen LogP contribution in [0.25, 0.3) is 0 Å². The first-order valence-electron chi connectivity index (χ1n) is 7.25. The first kappa shape index (κ1) is 17.7. The Labute approximate surface area is 126 Å². The van der Waals surface area contributed by atoms with Gasteiger partial charge in [0.2, 0.25) is 10.0 Å². The van der Waals surface area contributed by atoms with Crippen LogP contribution in [-0.4, -0.2) is 21.0 Å². The van der Waals surface area contributed by atoms with Crippen LogP contribution in [0.2, 0.25) is 0 Å². The lowest BCUT2D eigenvalue weighted by Crippen LogP contribution is -2.12. The molecule has 0 unspecified atom stereocenters. The zero-order valence-electron chi connectivity index (χ0n) is 12.4. The Balaban J connectivity index is 2.32. The van der Waals surface area contributed by atoms with Gasteiger partial charge in [-0.1, -0.05) is 39.0 Å². The van der Waals surface area contributed by atoms with Crippen LogP contribution in [0.15, 0.2) is 29.2 Å². The largest absolute Gasteiger partial charge is 0.462 e. The average Bonchev–Trinajstić information content (AvgIpc) is 2.45. The Morgan fingerprint density at radius 2 is 1.62 bits per heavy atom. The van der Waals surface area contributed by atoms with E-state index in [-0.39, 0.29) is 4.90 Å². The summed E-state index contributed by atoms with van der Waals surface area (Å²) in [5, 5.41) is 4.99. The van der Waals surface area contributed by atoms with Crippen molar-refractivity contribution in [2.24, 2.45) is 5.14 Å². The molecule has 0 amide bonds. The van der Waals surface area contributed by atoms with Crippen molar-refractivity contribution in [1.29, 1.82) is 0 Å². The molecule has 21 heavy (non-hydrogen) atoms. The molecule has 5 nitrogen and oxygen atoms in total.